The predicted molar refractivity (Wildman–Crippen MR) is 85.3 cm³/mol. The predicted octanol–water partition coefficient (Wildman–Crippen LogP) is 2.40. The second kappa shape index (κ2) is 10.2. The topological polar surface area (TPSA) is 95.7 Å². The molecule has 0 bridgehead atoms. The van der Waals surface area contributed by atoms with E-state index in [9.17, 15) is 13.8 Å². The molecule has 0 radical (unpaired) electrons. The number of aryl methyl sites for hydroxylation is 3. The molecule has 1 atom stereocenters. The number of carbonyl (C=O) groups is 2. The lowest BCUT2D eigenvalue weighted by Gasteiger charge is -2.09. The molecule has 1 aromatic carbocycles. The molecule has 0 aliphatic heterocycles. The second-order valence-corrected chi connectivity index (χ2v) is 5.78. The Balaban J connectivity index is 0.000000472. The van der Waals surface area contributed by atoms with Gasteiger partial charge in [-0.05, 0) is 45.7 Å². The summed E-state index contributed by atoms with van der Waals surface area (Å²) in [5, 5.41) is 0. The summed E-state index contributed by atoms with van der Waals surface area (Å²) in [6.45, 7) is 8.72. The van der Waals surface area contributed by atoms with E-state index in [0.717, 1.165) is 16.7 Å². The summed E-state index contributed by atoms with van der Waals surface area (Å²) in [6, 6.07) is 3.88. The van der Waals surface area contributed by atoms with Gasteiger partial charge in [0.1, 0.15) is 17.3 Å². The molecule has 0 fully saturated rings. The maximum Gasteiger partial charge on any atom is 0.377 e. The van der Waals surface area contributed by atoms with E-state index in [4.69, 9.17) is 10.1 Å². The molecule has 0 saturated heterocycles. The zero-order chi connectivity index (χ0) is 17.3. The average Bonchev–Trinajstić information content (AvgIpc) is 2.41. The lowest BCUT2D eigenvalue weighted by atomic mass is 10.1. The number of Topliss-reactive ketones (excluding diaryl/α,β-unsaturated/α-hetero) is 2. The van der Waals surface area contributed by atoms with Crippen LogP contribution >= 0.6 is 0 Å². The Morgan fingerprint density at radius 1 is 1.05 bits per heavy atom. The third-order valence-electron chi connectivity index (χ3n) is 2.66. The van der Waals surface area contributed by atoms with E-state index in [1.807, 2.05) is 32.9 Å². The first kappa shape index (κ1) is 20.4. The van der Waals surface area contributed by atoms with E-state index < -0.39 is 11.4 Å². The first-order valence-corrected chi connectivity index (χ1v) is 7.71. The van der Waals surface area contributed by atoms with Crippen molar-refractivity contribution >= 4 is 22.9 Å². The Bertz CT molecular complexity index is 520. The Morgan fingerprint density at radius 3 is 1.77 bits per heavy atom. The van der Waals surface area contributed by atoms with Gasteiger partial charge >= 0.3 is 11.4 Å². The molecular formula is C15H23NO5S. The molecule has 0 aliphatic rings. The summed E-state index contributed by atoms with van der Waals surface area (Å²) in [4.78, 5) is 20.4. The van der Waals surface area contributed by atoms with Gasteiger partial charge in [-0.2, -0.15) is 14.4 Å². The van der Waals surface area contributed by atoms with Crippen molar-refractivity contribution in [3.63, 3.8) is 0 Å². The molecule has 124 valence electrons. The van der Waals surface area contributed by atoms with Gasteiger partial charge in [0.05, 0.1) is 0 Å². The molecule has 0 aliphatic carbocycles. The van der Waals surface area contributed by atoms with Crippen molar-refractivity contribution in [2.45, 2.75) is 47.5 Å². The van der Waals surface area contributed by atoms with E-state index in [1.54, 1.807) is 0 Å². The van der Waals surface area contributed by atoms with Crippen LogP contribution in [0.2, 0.25) is 0 Å². The maximum atomic E-state index is 10.9. The van der Waals surface area contributed by atoms with Gasteiger partial charge in [0.2, 0.25) is 0 Å². The van der Waals surface area contributed by atoms with Crippen molar-refractivity contribution < 1.29 is 22.3 Å². The van der Waals surface area contributed by atoms with E-state index in [-0.39, 0.29) is 11.6 Å². The van der Waals surface area contributed by atoms with Gasteiger partial charge in [-0.1, -0.05) is 17.7 Å². The van der Waals surface area contributed by atoms with Gasteiger partial charge in [0.15, 0.2) is 0 Å². The van der Waals surface area contributed by atoms with Crippen LogP contribution in [0.25, 0.3) is 0 Å². The number of nitrogens with two attached hydrogens (primary N) is 1. The number of hydrogen-bond donors (Lipinski definition) is 1. The Labute approximate surface area is 133 Å². The van der Waals surface area contributed by atoms with Gasteiger partial charge in [0.25, 0.3) is 0 Å². The van der Waals surface area contributed by atoms with Crippen LogP contribution in [0.1, 0.15) is 43.4 Å². The normalized spacial score (nSPS) is 11.2. The van der Waals surface area contributed by atoms with Crippen LogP contribution in [0.4, 0.5) is 0 Å². The monoisotopic (exact) mass is 329 g/mol. The first-order valence-electron chi connectivity index (χ1n) is 6.71. The van der Waals surface area contributed by atoms with Gasteiger partial charge in [-0.25, -0.2) is 0 Å². The minimum Gasteiger partial charge on any atom is -0.378 e. The third-order valence-corrected chi connectivity index (χ3v) is 3.12. The quantitative estimate of drug-likeness (QED) is 0.805. The zero-order valence-electron chi connectivity index (χ0n) is 13.6. The molecule has 1 rings (SSSR count). The average molecular weight is 329 g/mol. The zero-order valence-corrected chi connectivity index (χ0v) is 14.4. The van der Waals surface area contributed by atoms with E-state index in [1.165, 1.54) is 13.8 Å². The molecule has 0 aromatic heterocycles. The lowest BCUT2D eigenvalue weighted by Crippen LogP contribution is -2.10. The van der Waals surface area contributed by atoms with E-state index >= 15 is 0 Å². The second-order valence-electron chi connectivity index (χ2n) is 5.02. The van der Waals surface area contributed by atoms with Crippen LogP contribution in [0.5, 0.6) is 5.75 Å². The van der Waals surface area contributed by atoms with Crippen LogP contribution in [-0.4, -0.2) is 15.8 Å². The smallest absolute Gasteiger partial charge is 0.377 e. The maximum absolute atomic E-state index is 10.9. The fourth-order valence-corrected chi connectivity index (χ4v) is 2.18. The molecule has 7 heteroatoms. The number of rotatable bonds is 6. The van der Waals surface area contributed by atoms with Gasteiger partial charge in [-0.15, -0.1) is 0 Å². The highest BCUT2D eigenvalue weighted by Gasteiger charge is 2.09. The van der Waals surface area contributed by atoms with Crippen molar-refractivity contribution in [2.75, 3.05) is 0 Å². The summed E-state index contributed by atoms with van der Waals surface area (Å²) in [5.41, 5.74) is 2.95. The minimum absolute atomic E-state index is 0.0835. The number of hydrogen-bond acceptors (Lipinski definition) is 6. The molecule has 1 aromatic rings. The van der Waals surface area contributed by atoms with Crippen molar-refractivity contribution in [1.82, 2.24) is 0 Å². The minimum atomic E-state index is -1.93. The van der Waals surface area contributed by atoms with Gasteiger partial charge < -0.3 is 13.8 Å². The molecule has 22 heavy (non-hydrogen) atoms. The highest BCUT2D eigenvalue weighted by Crippen LogP contribution is 2.25. The summed E-state index contributed by atoms with van der Waals surface area (Å²) in [7, 11) is 0. The van der Waals surface area contributed by atoms with Crippen molar-refractivity contribution in [3.8, 4) is 5.75 Å². The molecule has 0 spiro atoms. The van der Waals surface area contributed by atoms with Crippen molar-refractivity contribution in [1.29, 1.82) is 0 Å². The summed E-state index contributed by atoms with van der Waals surface area (Å²) >= 11 is -1.93. The summed E-state index contributed by atoms with van der Waals surface area (Å²) < 4.78 is 20.0. The summed E-state index contributed by atoms with van der Waals surface area (Å²) in [5.74, 6) is 5.45. The fraction of sp³-hybridized carbons (Fsp3) is 0.467. The Kier molecular flexibility index (Phi) is 9.48. The van der Waals surface area contributed by atoms with Crippen molar-refractivity contribution in [3.05, 3.63) is 28.8 Å². The van der Waals surface area contributed by atoms with Gasteiger partial charge in [0, 0.05) is 12.8 Å². The molecule has 0 saturated carbocycles. The lowest BCUT2D eigenvalue weighted by molar-refractivity contribution is -0.122. The van der Waals surface area contributed by atoms with Crippen LogP contribution in [-0.2, 0) is 25.2 Å². The van der Waals surface area contributed by atoms with Crippen LogP contribution < -0.4 is 10.1 Å². The van der Waals surface area contributed by atoms with Crippen molar-refractivity contribution in [2.24, 2.45) is 5.90 Å². The number of ketones is 2. The SMILES string of the molecule is CC(=O)CCC(C)=O.Cc1cc(C)c(OS(=O)ON)c(C)c1. The number of carbonyl (C=O) groups excluding carboxylic acids is 2. The summed E-state index contributed by atoms with van der Waals surface area (Å²) in [6.07, 6.45) is 0.796. The highest BCUT2D eigenvalue weighted by molar-refractivity contribution is 7.75. The van der Waals surface area contributed by atoms with E-state index in [2.05, 4.69) is 4.28 Å². The van der Waals surface area contributed by atoms with E-state index in [0.29, 0.717) is 18.6 Å². The largest absolute Gasteiger partial charge is 0.378 e. The fourth-order valence-electron chi connectivity index (χ4n) is 1.74. The number of benzene rings is 1. The van der Waals surface area contributed by atoms with Gasteiger partial charge in [-0.3, -0.25) is 0 Å². The van der Waals surface area contributed by atoms with Crippen LogP contribution in [0.15, 0.2) is 12.1 Å². The molecule has 1 unspecified atom stereocenters. The highest BCUT2D eigenvalue weighted by atomic mass is 32.2. The molecule has 0 heterocycles. The third kappa shape index (κ3) is 8.66. The Hall–Kier alpha value is -1.57. The first-order chi connectivity index (χ1) is 10.2. The van der Waals surface area contributed by atoms with Crippen LogP contribution in [0, 0.1) is 20.8 Å². The molecule has 0 amide bonds. The molecule has 2 N–H and O–H groups in total. The molecular weight excluding hydrogens is 306 g/mol. The van der Waals surface area contributed by atoms with Crippen LogP contribution in [0.3, 0.4) is 0 Å². The molecule has 6 nitrogen and oxygen atoms in total. The standard InChI is InChI=1S/C9H13NO3S.C6H10O2/c1-6-4-7(2)9(8(3)5-6)12-14(11)13-10;1-5(7)3-4-6(2)8/h4-5H,10H2,1-3H3;3-4H2,1-2H3. The Morgan fingerprint density at radius 2 is 1.45 bits per heavy atom.